The van der Waals surface area contributed by atoms with Crippen molar-refractivity contribution in [3.8, 4) is 11.5 Å². The molecule has 0 spiro atoms. The van der Waals surface area contributed by atoms with Crippen molar-refractivity contribution in [3.05, 3.63) is 47.4 Å². The van der Waals surface area contributed by atoms with Crippen LogP contribution in [-0.2, 0) is 0 Å². The molecule has 1 aromatic carbocycles. The number of amides is 2. The first kappa shape index (κ1) is 19.3. The van der Waals surface area contributed by atoms with Crippen molar-refractivity contribution in [2.45, 2.75) is 0 Å². The Morgan fingerprint density at radius 2 is 1.43 bits per heavy atom. The van der Waals surface area contributed by atoms with Gasteiger partial charge < -0.3 is 28.8 Å². The minimum Gasteiger partial charge on any atom is -0.493 e. The van der Waals surface area contributed by atoms with Crippen molar-refractivity contribution in [2.24, 2.45) is 0 Å². The van der Waals surface area contributed by atoms with Crippen LogP contribution in [0.5, 0.6) is 11.5 Å². The highest BCUT2D eigenvalue weighted by molar-refractivity contribution is 5.96. The van der Waals surface area contributed by atoms with Crippen LogP contribution in [0.25, 0.3) is 0 Å². The molecule has 0 saturated carbocycles. The van der Waals surface area contributed by atoms with Gasteiger partial charge in [0, 0.05) is 31.7 Å². The second kappa shape index (κ2) is 8.03. The molecule has 28 heavy (non-hydrogen) atoms. The van der Waals surface area contributed by atoms with E-state index >= 15 is 0 Å². The molecule has 1 aliphatic rings. The number of piperazine rings is 1. The molecule has 9 nitrogen and oxygen atoms in total. The SMILES string of the molecule is COc1ccc(C(=O)N2CCN(C(=O)c3ccc(C(=O)O)o3)CC2)cc1OC. The molecular weight excluding hydrogens is 368 g/mol. The third-order valence-corrected chi connectivity index (χ3v) is 4.51. The van der Waals surface area contributed by atoms with Gasteiger partial charge in [0.05, 0.1) is 14.2 Å². The van der Waals surface area contributed by atoms with Crippen LogP contribution < -0.4 is 9.47 Å². The van der Waals surface area contributed by atoms with E-state index < -0.39 is 11.9 Å². The summed E-state index contributed by atoms with van der Waals surface area (Å²) >= 11 is 0. The number of carboxylic acid groups (broad SMARTS) is 1. The van der Waals surface area contributed by atoms with Crippen LogP contribution in [0.15, 0.2) is 34.7 Å². The summed E-state index contributed by atoms with van der Waals surface area (Å²) in [7, 11) is 3.02. The van der Waals surface area contributed by atoms with Crippen LogP contribution in [0, 0.1) is 0 Å². The predicted octanol–water partition coefficient (Wildman–Crippen LogP) is 1.59. The van der Waals surface area contributed by atoms with Gasteiger partial charge in [-0.25, -0.2) is 4.79 Å². The van der Waals surface area contributed by atoms with Crippen molar-refractivity contribution in [1.82, 2.24) is 9.80 Å². The third-order valence-electron chi connectivity index (χ3n) is 4.51. The van der Waals surface area contributed by atoms with Crippen LogP contribution in [0.3, 0.4) is 0 Å². The zero-order valence-corrected chi connectivity index (χ0v) is 15.5. The molecule has 1 saturated heterocycles. The largest absolute Gasteiger partial charge is 0.493 e. The van der Waals surface area contributed by atoms with Crippen molar-refractivity contribution in [1.29, 1.82) is 0 Å². The first-order chi connectivity index (χ1) is 13.4. The number of furan rings is 1. The molecule has 0 atom stereocenters. The number of carbonyl (C=O) groups is 3. The van der Waals surface area contributed by atoms with Gasteiger partial charge in [-0.05, 0) is 30.3 Å². The second-order valence-electron chi connectivity index (χ2n) is 6.12. The summed E-state index contributed by atoms with van der Waals surface area (Å²) in [6.45, 7) is 1.35. The van der Waals surface area contributed by atoms with Gasteiger partial charge in [0.2, 0.25) is 5.76 Å². The Kier molecular flexibility index (Phi) is 5.53. The average molecular weight is 388 g/mol. The van der Waals surface area contributed by atoms with Crippen molar-refractivity contribution in [3.63, 3.8) is 0 Å². The molecule has 2 heterocycles. The Balaban J connectivity index is 1.63. The van der Waals surface area contributed by atoms with E-state index in [2.05, 4.69) is 0 Å². The second-order valence-corrected chi connectivity index (χ2v) is 6.12. The molecule has 1 aliphatic heterocycles. The van der Waals surface area contributed by atoms with Crippen molar-refractivity contribution < 1.29 is 33.4 Å². The van der Waals surface area contributed by atoms with Gasteiger partial charge in [-0.3, -0.25) is 9.59 Å². The molecule has 0 aliphatic carbocycles. The smallest absolute Gasteiger partial charge is 0.371 e. The highest BCUT2D eigenvalue weighted by atomic mass is 16.5. The number of hydrogen-bond donors (Lipinski definition) is 1. The fraction of sp³-hybridized carbons (Fsp3) is 0.316. The van der Waals surface area contributed by atoms with E-state index in [1.165, 1.54) is 31.3 Å². The first-order valence-electron chi connectivity index (χ1n) is 8.58. The summed E-state index contributed by atoms with van der Waals surface area (Å²) in [4.78, 5) is 39.2. The lowest BCUT2D eigenvalue weighted by atomic mass is 10.1. The lowest BCUT2D eigenvalue weighted by Crippen LogP contribution is -2.50. The number of ether oxygens (including phenoxy) is 2. The average Bonchev–Trinajstić information content (AvgIpc) is 3.23. The lowest BCUT2D eigenvalue weighted by molar-refractivity contribution is 0.0512. The maximum Gasteiger partial charge on any atom is 0.371 e. The van der Waals surface area contributed by atoms with Crippen LogP contribution in [-0.4, -0.2) is 73.1 Å². The van der Waals surface area contributed by atoms with Crippen molar-refractivity contribution in [2.75, 3.05) is 40.4 Å². The fourth-order valence-corrected chi connectivity index (χ4v) is 2.99. The zero-order chi connectivity index (χ0) is 20.3. The van der Waals surface area contributed by atoms with E-state index in [0.29, 0.717) is 43.2 Å². The number of methoxy groups -OCH3 is 2. The van der Waals surface area contributed by atoms with E-state index in [4.69, 9.17) is 19.0 Å². The maximum atomic E-state index is 12.7. The fourth-order valence-electron chi connectivity index (χ4n) is 2.99. The maximum absolute atomic E-state index is 12.7. The van der Waals surface area contributed by atoms with Gasteiger partial charge in [-0.1, -0.05) is 0 Å². The zero-order valence-electron chi connectivity index (χ0n) is 15.5. The summed E-state index contributed by atoms with van der Waals surface area (Å²) < 4.78 is 15.5. The highest BCUT2D eigenvalue weighted by Gasteiger charge is 2.28. The topological polar surface area (TPSA) is 110 Å². The summed E-state index contributed by atoms with van der Waals surface area (Å²) in [5.41, 5.74) is 0.467. The monoisotopic (exact) mass is 388 g/mol. The molecule has 9 heteroatoms. The van der Waals surface area contributed by atoms with Crippen LogP contribution in [0.2, 0.25) is 0 Å². The molecule has 2 amide bonds. The number of benzene rings is 1. The molecule has 2 aromatic rings. The summed E-state index contributed by atoms with van der Waals surface area (Å²) in [5.74, 6) is -1.11. The van der Waals surface area contributed by atoms with Gasteiger partial charge >= 0.3 is 5.97 Å². The molecule has 0 radical (unpaired) electrons. The van der Waals surface area contributed by atoms with Gasteiger partial charge in [-0.2, -0.15) is 0 Å². The van der Waals surface area contributed by atoms with Crippen LogP contribution in [0.4, 0.5) is 0 Å². The van der Waals surface area contributed by atoms with Crippen molar-refractivity contribution >= 4 is 17.8 Å². The molecule has 1 fully saturated rings. The Morgan fingerprint density at radius 3 is 1.96 bits per heavy atom. The number of nitrogens with zero attached hydrogens (tertiary/aromatic N) is 2. The molecule has 0 unspecified atom stereocenters. The molecule has 0 bridgehead atoms. The minimum absolute atomic E-state index is 0.0305. The third kappa shape index (κ3) is 3.78. The first-order valence-corrected chi connectivity index (χ1v) is 8.58. The number of rotatable bonds is 5. The Labute approximate surface area is 161 Å². The molecular formula is C19H20N2O7. The molecule has 3 rings (SSSR count). The summed E-state index contributed by atoms with van der Waals surface area (Å²) in [6.07, 6.45) is 0. The Morgan fingerprint density at radius 1 is 0.857 bits per heavy atom. The number of carboxylic acids is 1. The molecule has 1 aromatic heterocycles. The number of aromatic carboxylic acids is 1. The summed E-state index contributed by atoms with van der Waals surface area (Å²) in [6, 6.07) is 7.54. The van der Waals surface area contributed by atoms with E-state index in [1.807, 2.05) is 0 Å². The van der Waals surface area contributed by atoms with E-state index in [0.717, 1.165) is 0 Å². The van der Waals surface area contributed by atoms with E-state index in [-0.39, 0.29) is 17.4 Å². The van der Waals surface area contributed by atoms with Gasteiger partial charge in [-0.15, -0.1) is 0 Å². The molecule has 148 valence electrons. The minimum atomic E-state index is -1.23. The highest BCUT2D eigenvalue weighted by Crippen LogP contribution is 2.28. The Hall–Kier alpha value is -3.49. The van der Waals surface area contributed by atoms with Crippen LogP contribution >= 0.6 is 0 Å². The van der Waals surface area contributed by atoms with Gasteiger partial charge in [0.1, 0.15) is 0 Å². The van der Waals surface area contributed by atoms with Gasteiger partial charge in [0.25, 0.3) is 11.8 Å². The predicted molar refractivity (Wildman–Crippen MR) is 97.0 cm³/mol. The van der Waals surface area contributed by atoms with E-state index in [9.17, 15) is 14.4 Å². The Bertz CT molecular complexity index is 897. The van der Waals surface area contributed by atoms with Gasteiger partial charge in [0.15, 0.2) is 17.3 Å². The quantitative estimate of drug-likeness (QED) is 0.828. The summed E-state index contributed by atoms with van der Waals surface area (Å²) in [5, 5.41) is 8.89. The van der Waals surface area contributed by atoms with E-state index in [1.54, 1.807) is 23.1 Å². The normalized spacial score (nSPS) is 13.9. The number of hydrogen-bond acceptors (Lipinski definition) is 6. The standard InChI is InChI=1S/C19H20N2O7/c1-26-13-4-3-12(11-16(13)27-2)17(22)20-7-9-21(10-8-20)18(23)14-5-6-15(28-14)19(24)25/h3-6,11H,7-10H2,1-2H3,(H,24,25). The molecule has 1 N–H and O–H groups in total. The van der Waals surface area contributed by atoms with Crippen LogP contribution in [0.1, 0.15) is 31.5 Å². The lowest BCUT2D eigenvalue weighted by Gasteiger charge is -2.34. The number of carbonyl (C=O) groups excluding carboxylic acids is 2.